The largest absolute Gasteiger partial charge is 0.365 e. The van der Waals surface area contributed by atoms with Gasteiger partial charge in [-0.1, -0.05) is 74.9 Å². The maximum Gasteiger partial charge on any atom is 0.101 e. The van der Waals surface area contributed by atoms with Crippen molar-refractivity contribution < 1.29 is 4.74 Å². The summed E-state index contributed by atoms with van der Waals surface area (Å²) in [4.78, 5) is 2.49. The molecule has 1 aliphatic carbocycles. The second-order valence-electron chi connectivity index (χ2n) is 8.50. The first-order valence-electron chi connectivity index (χ1n) is 11.2. The van der Waals surface area contributed by atoms with Crippen molar-refractivity contribution in [2.24, 2.45) is 5.92 Å². The van der Waals surface area contributed by atoms with Crippen LogP contribution in [0, 0.1) is 5.92 Å². The van der Waals surface area contributed by atoms with Gasteiger partial charge in [-0.2, -0.15) is 0 Å². The summed E-state index contributed by atoms with van der Waals surface area (Å²) in [5, 5.41) is 0. The number of rotatable bonds is 7. The maximum absolute atomic E-state index is 6.41. The van der Waals surface area contributed by atoms with Crippen molar-refractivity contribution >= 4 is 0 Å². The third-order valence-electron chi connectivity index (χ3n) is 6.19. The number of ether oxygens (including phenoxy) is 1. The Morgan fingerprint density at radius 2 is 1.76 bits per heavy atom. The first kappa shape index (κ1) is 20.0. The number of allylic oxidation sites excluding steroid dienone is 1. The van der Waals surface area contributed by atoms with Crippen molar-refractivity contribution in [3.05, 3.63) is 83.7 Å². The van der Waals surface area contributed by atoms with Crippen LogP contribution in [0.15, 0.2) is 78.1 Å². The van der Waals surface area contributed by atoms with E-state index < -0.39 is 0 Å². The molecule has 0 spiro atoms. The maximum atomic E-state index is 6.41. The van der Waals surface area contributed by atoms with E-state index in [0.717, 1.165) is 12.5 Å². The molecular weight excluding hydrogens is 354 g/mol. The SMILES string of the molecule is CCCCN1C=CC(OCc2ccc(-c3ccccc3)cc2)C2=C1CCC(C)C2. The Morgan fingerprint density at radius 1 is 1.00 bits per heavy atom. The summed E-state index contributed by atoms with van der Waals surface area (Å²) in [5.41, 5.74) is 6.79. The molecule has 2 nitrogen and oxygen atoms in total. The van der Waals surface area contributed by atoms with Crippen molar-refractivity contribution in [1.29, 1.82) is 0 Å². The van der Waals surface area contributed by atoms with Crippen LogP contribution in [0.3, 0.4) is 0 Å². The Kier molecular flexibility index (Phi) is 6.51. The summed E-state index contributed by atoms with van der Waals surface area (Å²) >= 11 is 0. The number of nitrogens with zero attached hydrogens (tertiary/aromatic N) is 1. The third kappa shape index (κ3) is 4.82. The Bertz CT molecular complexity index is 850. The molecule has 2 aromatic rings. The first-order valence-corrected chi connectivity index (χ1v) is 11.2. The minimum Gasteiger partial charge on any atom is -0.365 e. The van der Waals surface area contributed by atoms with Crippen LogP contribution in [0.1, 0.15) is 51.5 Å². The lowest BCUT2D eigenvalue weighted by Crippen LogP contribution is -2.32. The highest BCUT2D eigenvalue weighted by molar-refractivity contribution is 5.63. The van der Waals surface area contributed by atoms with Crippen LogP contribution in [0.2, 0.25) is 0 Å². The van der Waals surface area contributed by atoms with Gasteiger partial charge in [-0.05, 0) is 59.9 Å². The van der Waals surface area contributed by atoms with Gasteiger partial charge in [0.05, 0.1) is 6.61 Å². The number of hydrogen-bond donors (Lipinski definition) is 0. The minimum absolute atomic E-state index is 0.124. The second-order valence-corrected chi connectivity index (χ2v) is 8.50. The molecule has 0 fully saturated rings. The molecule has 0 bridgehead atoms. The van der Waals surface area contributed by atoms with Crippen molar-refractivity contribution in [2.75, 3.05) is 6.54 Å². The van der Waals surface area contributed by atoms with Crippen molar-refractivity contribution in [3.8, 4) is 11.1 Å². The molecule has 2 aromatic carbocycles. The summed E-state index contributed by atoms with van der Waals surface area (Å²) in [6, 6.07) is 19.3. The molecule has 29 heavy (non-hydrogen) atoms. The topological polar surface area (TPSA) is 12.5 Å². The van der Waals surface area contributed by atoms with Crippen molar-refractivity contribution in [2.45, 2.75) is 58.7 Å². The van der Waals surface area contributed by atoms with Gasteiger partial charge in [0.25, 0.3) is 0 Å². The van der Waals surface area contributed by atoms with Gasteiger partial charge in [-0.15, -0.1) is 0 Å². The summed E-state index contributed by atoms with van der Waals surface area (Å²) in [5.74, 6) is 0.754. The van der Waals surface area contributed by atoms with Crippen LogP contribution >= 0.6 is 0 Å². The number of benzene rings is 2. The fourth-order valence-electron chi connectivity index (χ4n) is 4.44. The van der Waals surface area contributed by atoms with Crippen LogP contribution in [-0.4, -0.2) is 17.5 Å². The summed E-state index contributed by atoms with van der Waals surface area (Å²) in [7, 11) is 0. The fourth-order valence-corrected chi connectivity index (χ4v) is 4.44. The molecule has 0 amide bonds. The Hall–Kier alpha value is -2.32. The summed E-state index contributed by atoms with van der Waals surface area (Å²) in [6.07, 6.45) is 10.8. The van der Waals surface area contributed by atoms with E-state index in [1.807, 2.05) is 0 Å². The highest BCUT2D eigenvalue weighted by Crippen LogP contribution is 2.37. The summed E-state index contributed by atoms with van der Waals surface area (Å²) < 4.78 is 6.41. The van der Waals surface area contributed by atoms with E-state index in [9.17, 15) is 0 Å². The molecule has 1 aliphatic heterocycles. The number of hydrogen-bond acceptors (Lipinski definition) is 2. The minimum atomic E-state index is 0.124. The van der Waals surface area contributed by atoms with Crippen molar-refractivity contribution in [1.82, 2.24) is 4.90 Å². The zero-order valence-electron chi connectivity index (χ0n) is 17.8. The van der Waals surface area contributed by atoms with Gasteiger partial charge in [0, 0.05) is 18.4 Å². The highest BCUT2D eigenvalue weighted by Gasteiger charge is 2.29. The highest BCUT2D eigenvalue weighted by atomic mass is 16.5. The van der Waals surface area contributed by atoms with Gasteiger partial charge >= 0.3 is 0 Å². The zero-order chi connectivity index (χ0) is 20.1. The average molecular weight is 388 g/mol. The molecule has 2 unspecified atom stereocenters. The van der Waals surface area contributed by atoms with E-state index in [2.05, 4.69) is 85.6 Å². The molecule has 0 N–H and O–H groups in total. The van der Waals surface area contributed by atoms with E-state index in [0.29, 0.717) is 6.61 Å². The van der Waals surface area contributed by atoms with Gasteiger partial charge in [-0.3, -0.25) is 0 Å². The molecule has 0 saturated carbocycles. The van der Waals surface area contributed by atoms with E-state index in [1.54, 1.807) is 0 Å². The van der Waals surface area contributed by atoms with E-state index in [4.69, 9.17) is 4.74 Å². The normalized spacial score (nSPS) is 21.4. The smallest absolute Gasteiger partial charge is 0.101 e. The Labute approximate surface area is 175 Å². The molecular formula is C27H33NO. The summed E-state index contributed by atoms with van der Waals surface area (Å²) in [6.45, 7) is 6.43. The lowest BCUT2D eigenvalue weighted by Gasteiger charge is -2.38. The fraction of sp³-hybridized carbons (Fsp3) is 0.407. The Balaban J connectivity index is 1.43. The molecule has 0 radical (unpaired) electrons. The van der Waals surface area contributed by atoms with Crippen LogP contribution in [-0.2, 0) is 11.3 Å². The van der Waals surface area contributed by atoms with E-state index in [1.165, 1.54) is 60.1 Å². The molecule has 2 aliphatic rings. The molecule has 152 valence electrons. The standard InChI is InChI=1S/C27H33NO/c1-3-4-17-28-18-16-27(25-19-21(2)10-15-26(25)28)29-20-22-11-13-24(14-12-22)23-8-6-5-7-9-23/h5-9,11-14,16,18,21,27H,3-4,10,15,17,19-20H2,1-2H3. The van der Waals surface area contributed by atoms with E-state index >= 15 is 0 Å². The van der Waals surface area contributed by atoms with Gasteiger partial charge in [0.15, 0.2) is 0 Å². The predicted octanol–water partition coefficient (Wildman–Crippen LogP) is 6.94. The number of unbranched alkanes of at least 4 members (excludes halogenated alkanes) is 1. The van der Waals surface area contributed by atoms with Crippen LogP contribution in [0.5, 0.6) is 0 Å². The van der Waals surface area contributed by atoms with E-state index in [-0.39, 0.29) is 6.10 Å². The van der Waals surface area contributed by atoms with Crippen LogP contribution in [0.4, 0.5) is 0 Å². The quantitative estimate of drug-likeness (QED) is 0.510. The molecule has 2 heteroatoms. The van der Waals surface area contributed by atoms with Crippen molar-refractivity contribution in [3.63, 3.8) is 0 Å². The molecule has 1 heterocycles. The monoisotopic (exact) mass is 387 g/mol. The first-order chi connectivity index (χ1) is 14.2. The average Bonchev–Trinajstić information content (AvgIpc) is 2.77. The second kappa shape index (κ2) is 9.45. The van der Waals surface area contributed by atoms with Crippen LogP contribution < -0.4 is 0 Å². The predicted molar refractivity (Wildman–Crippen MR) is 121 cm³/mol. The van der Waals surface area contributed by atoms with Gasteiger partial charge in [0.1, 0.15) is 6.10 Å². The van der Waals surface area contributed by atoms with Crippen LogP contribution in [0.25, 0.3) is 11.1 Å². The van der Waals surface area contributed by atoms with Gasteiger partial charge < -0.3 is 9.64 Å². The lowest BCUT2D eigenvalue weighted by atomic mass is 9.83. The molecule has 0 saturated heterocycles. The van der Waals surface area contributed by atoms with Gasteiger partial charge in [0.2, 0.25) is 0 Å². The zero-order valence-corrected chi connectivity index (χ0v) is 17.8. The molecule has 4 rings (SSSR count). The molecule has 0 aromatic heterocycles. The lowest BCUT2D eigenvalue weighted by molar-refractivity contribution is 0.0824. The Morgan fingerprint density at radius 3 is 2.52 bits per heavy atom. The van der Waals surface area contributed by atoms with Gasteiger partial charge in [-0.25, -0.2) is 0 Å². The third-order valence-corrected chi connectivity index (χ3v) is 6.19. The molecule has 2 atom stereocenters.